The molecule has 0 unspecified atom stereocenters. The highest BCUT2D eigenvalue weighted by atomic mass is 16.1. The van der Waals surface area contributed by atoms with Crippen LogP contribution in [0, 0.1) is 0 Å². The van der Waals surface area contributed by atoms with Crippen molar-refractivity contribution >= 4 is 11.0 Å². The minimum Gasteiger partial charge on any atom is -0.307 e. The van der Waals surface area contributed by atoms with Crippen LogP contribution in [0.5, 0.6) is 0 Å². The molecule has 0 aliphatic rings. The summed E-state index contributed by atoms with van der Waals surface area (Å²) in [6, 6.07) is 6.98. The van der Waals surface area contributed by atoms with E-state index in [1.807, 2.05) is 12.1 Å². The molecule has 2 aromatic rings. The second kappa shape index (κ2) is 3.17. The summed E-state index contributed by atoms with van der Waals surface area (Å²) in [5.41, 5.74) is 0.524. The molecule has 0 aliphatic heterocycles. The van der Waals surface area contributed by atoms with Gasteiger partial charge in [0.1, 0.15) is 5.65 Å². The Balaban J connectivity index is 0.000000720. The monoisotopic (exact) mass is 162 g/mol. The number of nitrogens with zero attached hydrogens (tertiary/aromatic N) is 1. The van der Waals surface area contributed by atoms with Crippen LogP contribution in [-0.2, 0) is 0 Å². The third kappa shape index (κ3) is 1.34. The topological polar surface area (TPSA) is 45.8 Å². The molecule has 2 aromatic heterocycles. The Bertz CT molecular complexity index is 433. The fourth-order valence-electron chi connectivity index (χ4n) is 0.981. The van der Waals surface area contributed by atoms with Gasteiger partial charge in [-0.1, -0.05) is 7.43 Å². The van der Waals surface area contributed by atoms with E-state index in [0.29, 0.717) is 5.65 Å². The van der Waals surface area contributed by atoms with Crippen molar-refractivity contribution in [3.8, 4) is 0 Å². The zero-order chi connectivity index (χ0) is 7.68. The molecule has 0 atom stereocenters. The number of hydrogen-bond acceptors (Lipinski definition) is 2. The van der Waals surface area contributed by atoms with E-state index < -0.39 is 0 Å². The highest BCUT2D eigenvalue weighted by Crippen LogP contribution is 2.02. The van der Waals surface area contributed by atoms with Gasteiger partial charge in [-0.25, -0.2) is 4.98 Å². The van der Waals surface area contributed by atoms with Gasteiger partial charge in [-0.3, -0.25) is 4.79 Å². The first-order valence-corrected chi connectivity index (χ1v) is 3.30. The van der Waals surface area contributed by atoms with Crippen LogP contribution in [0.2, 0.25) is 0 Å². The lowest BCUT2D eigenvalue weighted by Crippen LogP contribution is -2.02. The fourth-order valence-corrected chi connectivity index (χ4v) is 0.981. The molecule has 3 heteroatoms. The van der Waals surface area contributed by atoms with Gasteiger partial charge < -0.3 is 4.98 Å². The summed E-state index contributed by atoms with van der Waals surface area (Å²) in [6.07, 6.45) is 1.65. The molecule has 0 saturated heterocycles. The Morgan fingerprint density at radius 3 is 2.92 bits per heavy atom. The molecule has 0 radical (unpaired) electrons. The molecular formula is C9H10N2O. The molecule has 62 valence electrons. The number of aromatic nitrogens is 2. The van der Waals surface area contributed by atoms with Gasteiger partial charge in [0.05, 0.1) is 0 Å². The Morgan fingerprint density at radius 1 is 1.25 bits per heavy atom. The summed E-state index contributed by atoms with van der Waals surface area (Å²) in [7, 11) is 0. The fraction of sp³-hybridized carbons (Fsp3) is 0.111. The normalized spacial score (nSPS) is 9.33. The molecule has 0 amide bonds. The summed E-state index contributed by atoms with van der Waals surface area (Å²) in [6.45, 7) is 0. The molecule has 0 bridgehead atoms. The predicted molar refractivity (Wildman–Crippen MR) is 49.1 cm³/mol. The Hall–Kier alpha value is -1.64. The summed E-state index contributed by atoms with van der Waals surface area (Å²) < 4.78 is 0. The molecule has 3 nitrogen and oxygen atoms in total. The largest absolute Gasteiger partial charge is 0.307 e. The van der Waals surface area contributed by atoms with E-state index in [1.165, 1.54) is 6.07 Å². The Kier molecular flexibility index (Phi) is 2.24. The van der Waals surface area contributed by atoms with Crippen LogP contribution in [-0.4, -0.2) is 9.97 Å². The van der Waals surface area contributed by atoms with Gasteiger partial charge in [0.25, 0.3) is 0 Å². The average molecular weight is 162 g/mol. The zero-order valence-corrected chi connectivity index (χ0v) is 5.74. The van der Waals surface area contributed by atoms with Crippen LogP contribution in [0.3, 0.4) is 0 Å². The number of hydrogen-bond donors (Lipinski definition) is 1. The van der Waals surface area contributed by atoms with Crippen molar-refractivity contribution in [1.29, 1.82) is 0 Å². The van der Waals surface area contributed by atoms with Crippen LogP contribution in [0.1, 0.15) is 7.43 Å². The van der Waals surface area contributed by atoms with Crippen LogP contribution in [0.4, 0.5) is 0 Å². The maximum Gasteiger partial charge on any atom is 0.249 e. The van der Waals surface area contributed by atoms with E-state index in [4.69, 9.17) is 0 Å². The molecule has 0 saturated carbocycles. The summed E-state index contributed by atoms with van der Waals surface area (Å²) in [5, 5.41) is 0.951. The van der Waals surface area contributed by atoms with Gasteiger partial charge in [0.15, 0.2) is 0 Å². The van der Waals surface area contributed by atoms with Crippen molar-refractivity contribution in [2.45, 2.75) is 7.43 Å². The van der Waals surface area contributed by atoms with Crippen LogP contribution >= 0.6 is 0 Å². The van der Waals surface area contributed by atoms with Crippen LogP contribution in [0.25, 0.3) is 11.0 Å². The van der Waals surface area contributed by atoms with Crippen molar-refractivity contribution in [1.82, 2.24) is 9.97 Å². The lowest BCUT2D eigenvalue weighted by molar-refractivity contribution is 1.23. The van der Waals surface area contributed by atoms with Crippen molar-refractivity contribution in [2.75, 3.05) is 0 Å². The van der Waals surface area contributed by atoms with E-state index in [2.05, 4.69) is 9.97 Å². The molecule has 2 rings (SSSR count). The summed E-state index contributed by atoms with van der Waals surface area (Å²) in [4.78, 5) is 17.4. The molecule has 0 spiro atoms. The Morgan fingerprint density at radius 2 is 2.08 bits per heavy atom. The van der Waals surface area contributed by atoms with Crippen molar-refractivity contribution in [2.24, 2.45) is 0 Å². The van der Waals surface area contributed by atoms with Crippen molar-refractivity contribution < 1.29 is 0 Å². The quantitative estimate of drug-likeness (QED) is 0.639. The standard InChI is InChI=1S/C8H6N2O.CH4/c11-7-4-3-6-2-1-5-9-8(6)10-7;/h1-5H,(H,9,10,11);1H4. The molecule has 2 heterocycles. The number of H-pyrrole nitrogens is 1. The van der Waals surface area contributed by atoms with Gasteiger partial charge in [0, 0.05) is 17.6 Å². The SMILES string of the molecule is C.O=c1ccc2cccnc2[nH]1. The molecule has 12 heavy (non-hydrogen) atoms. The minimum atomic E-state index is -0.115. The third-order valence-electron chi connectivity index (χ3n) is 1.49. The van der Waals surface area contributed by atoms with Crippen LogP contribution < -0.4 is 5.56 Å². The lowest BCUT2D eigenvalue weighted by Gasteiger charge is -1.92. The van der Waals surface area contributed by atoms with Crippen molar-refractivity contribution in [3.63, 3.8) is 0 Å². The van der Waals surface area contributed by atoms with Crippen molar-refractivity contribution in [3.05, 3.63) is 40.8 Å². The number of nitrogens with one attached hydrogen (secondary N) is 1. The highest BCUT2D eigenvalue weighted by molar-refractivity contribution is 5.73. The second-order valence-corrected chi connectivity index (χ2v) is 2.26. The number of aromatic amines is 1. The predicted octanol–water partition coefficient (Wildman–Crippen LogP) is 1.56. The van der Waals surface area contributed by atoms with E-state index in [9.17, 15) is 4.79 Å². The maximum absolute atomic E-state index is 10.8. The summed E-state index contributed by atoms with van der Waals surface area (Å²) in [5.74, 6) is 0. The van der Waals surface area contributed by atoms with Gasteiger partial charge in [-0.2, -0.15) is 0 Å². The first kappa shape index (κ1) is 8.46. The molecule has 0 aromatic carbocycles. The van der Waals surface area contributed by atoms with E-state index >= 15 is 0 Å². The average Bonchev–Trinajstić information content (AvgIpc) is 2.04. The molecule has 1 N–H and O–H groups in total. The van der Waals surface area contributed by atoms with E-state index in [-0.39, 0.29) is 13.0 Å². The zero-order valence-electron chi connectivity index (χ0n) is 5.74. The van der Waals surface area contributed by atoms with E-state index in [0.717, 1.165) is 5.39 Å². The number of rotatable bonds is 0. The minimum absolute atomic E-state index is 0. The summed E-state index contributed by atoms with van der Waals surface area (Å²) >= 11 is 0. The van der Waals surface area contributed by atoms with E-state index in [1.54, 1.807) is 12.3 Å². The Labute approximate surface area is 70.1 Å². The van der Waals surface area contributed by atoms with Crippen LogP contribution in [0.15, 0.2) is 35.3 Å². The third-order valence-corrected chi connectivity index (χ3v) is 1.49. The molecule has 0 fully saturated rings. The number of pyridine rings is 2. The molecular weight excluding hydrogens is 152 g/mol. The second-order valence-electron chi connectivity index (χ2n) is 2.26. The highest BCUT2D eigenvalue weighted by Gasteiger charge is 1.90. The van der Waals surface area contributed by atoms with Gasteiger partial charge in [0.2, 0.25) is 5.56 Å². The van der Waals surface area contributed by atoms with Gasteiger partial charge >= 0.3 is 0 Å². The number of fused-ring (bicyclic) bond motifs is 1. The smallest absolute Gasteiger partial charge is 0.249 e. The van der Waals surface area contributed by atoms with Gasteiger partial charge in [-0.15, -0.1) is 0 Å². The molecule has 0 aliphatic carbocycles. The van der Waals surface area contributed by atoms with Gasteiger partial charge in [-0.05, 0) is 18.2 Å². The first-order chi connectivity index (χ1) is 5.36. The maximum atomic E-state index is 10.8. The lowest BCUT2D eigenvalue weighted by atomic mass is 10.3. The first-order valence-electron chi connectivity index (χ1n) is 3.30.